The summed E-state index contributed by atoms with van der Waals surface area (Å²) in [5.74, 6) is -1.73. The summed E-state index contributed by atoms with van der Waals surface area (Å²) in [6.45, 7) is 0.641. The smallest absolute Gasteiger partial charge is 0.307 e. The van der Waals surface area contributed by atoms with Crippen molar-refractivity contribution >= 4 is 11.9 Å². The third-order valence-electron chi connectivity index (χ3n) is 4.99. The van der Waals surface area contributed by atoms with Crippen molar-refractivity contribution in [2.75, 3.05) is 20.6 Å². The first-order valence-corrected chi connectivity index (χ1v) is 7.14. The molecule has 2 saturated carbocycles. The number of nitrogens with one attached hydrogen (secondary N) is 1. The molecule has 0 aromatic rings. The van der Waals surface area contributed by atoms with Crippen LogP contribution in [0.25, 0.3) is 0 Å². The summed E-state index contributed by atoms with van der Waals surface area (Å²) in [5.41, 5.74) is 0.0903. The minimum absolute atomic E-state index is 0.0713. The Morgan fingerprint density at radius 2 is 1.84 bits per heavy atom. The Morgan fingerprint density at radius 1 is 1.21 bits per heavy atom. The lowest BCUT2D eigenvalue weighted by Crippen LogP contribution is -2.57. The summed E-state index contributed by atoms with van der Waals surface area (Å²) >= 11 is 0. The van der Waals surface area contributed by atoms with Crippen LogP contribution in [-0.4, -0.2) is 48.1 Å². The Bertz CT molecular complexity index is 364. The fourth-order valence-electron chi connectivity index (χ4n) is 3.32. The molecule has 5 heteroatoms. The molecule has 2 aliphatic carbocycles. The van der Waals surface area contributed by atoms with E-state index in [1.165, 1.54) is 6.42 Å². The maximum atomic E-state index is 12.2. The van der Waals surface area contributed by atoms with Crippen molar-refractivity contribution in [1.29, 1.82) is 0 Å². The number of rotatable bonds is 5. The molecular weight excluding hydrogens is 244 g/mol. The SMILES string of the molecule is CN(C)C1(CNC(=O)C2CCCC2C(=O)O)CCC1. The number of carbonyl (C=O) groups is 2. The quantitative estimate of drug-likeness (QED) is 0.783. The van der Waals surface area contributed by atoms with Crippen molar-refractivity contribution in [3.8, 4) is 0 Å². The van der Waals surface area contributed by atoms with E-state index in [2.05, 4.69) is 10.2 Å². The van der Waals surface area contributed by atoms with Gasteiger partial charge in [0.05, 0.1) is 11.8 Å². The van der Waals surface area contributed by atoms with Gasteiger partial charge in [-0.25, -0.2) is 0 Å². The van der Waals surface area contributed by atoms with Crippen LogP contribution < -0.4 is 5.32 Å². The number of hydrogen-bond donors (Lipinski definition) is 2. The Balaban J connectivity index is 1.89. The molecule has 0 aliphatic heterocycles. The molecule has 2 rings (SSSR count). The van der Waals surface area contributed by atoms with Crippen LogP contribution in [0.5, 0.6) is 0 Å². The average Bonchev–Trinajstić information content (AvgIpc) is 2.75. The Kier molecular flexibility index (Phi) is 4.13. The molecule has 0 saturated heterocycles. The molecule has 108 valence electrons. The first-order valence-electron chi connectivity index (χ1n) is 7.14. The van der Waals surface area contributed by atoms with Gasteiger partial charge in [0.15, 0.2) is 0 Å². The lowest BCUT2D eigenvalue weighted by Gasteiger charge is -2.47. The van der Waals surface area contributed by atoms with Gasteiger partial charge < -0.3 is 15.3 Å². The van der Waals surface area contributed by atoms with E-state index >= 15 is 0 Å². The van der Waals surface area contributed by atoms with Crippen molar-refractivity contribution in [3.63, 3.8) is 0 Å². The predicted octanol–water partition coefficient (Wildman–Crippen LogP) is 1.09. The van der Waals surface area contributed by atoms with Crippen molar-refractivity contribution in [2.45, 2.75) is 44.1 Å². The third kappa shape index (κ3) is 2.76. The highest BCUT2D eigenvalue weighted by atomic mass is 16.4. The van der Waals surface area contributed by atoms with Gasteiger partial charge in [0.1, 0.15) is 0 Å². The third-order valence-corrected chi connectivity index (χ3v) is 4.99. The van der Waals surface area contributed by atoms with Gasteiger partial charge in [0, 0.05) is 12.1 Å². The van der Waals surface area contributed by atoms with Gasteiger partial charge >= 0.3 is 5.97 Å². The van der Waals surface area contributed by atoms with E-state index in [1.54, 1.807) is 0 Å². The summed E-state index contributed by atoms with van der Waals surface area (Å²) < 4.78 is 0. The van der Waals surface area contributed by atoms with Crippen molar-refractivity contribution in [3.05, 3.63) is 0 Å². The zero-order valence-electron chi connectivity index (χ0n) is 11.8. The van der Waals surface area contributed by atoms with E-state index in [4.69, 9.17) is 5.11 Å². The number of carbonyl (C=O) groups excluding carboxylic acids is 1. The van der Waals surface area contributed by atoms with Crippen LogP contribution in [0.4, 0.5) is 0 Å². The Hall–Kier alpha value is -1.10. The number of aliphatic carboxylic acids is 1. The number of nitrogens with zero attached hydrogens (tertiary/aromatic N) is 1. The maximum Gasteiger partial charge on any atom is 0.307 e. The molecule has 5 nitrogen and oxygen atoms in total. The topological polar surface area (TPSA) is 69.6 Å². The standard InChI is InChI=1S/C14H24N2O3/c1-16(2)14(7-4-8-14)9-15-12(17)10-5-3-6-11(10)13(18)19/h10-11H,3-9H2,1-2H3,(H,15,17)(H,18,19). The van der Waals surface area contributed by atoms with E-state index in [0.717, 1.165) is 19.3 Å². The lowest BCUT2D eigenvalue weighted by molar-refractivity contribution is -0.146. The molecule has 2 aliphatic rings. The molecule has 2 fully saturated rings. The minimum Gasteiger partial charge on any atom is -0.481 e. The summed E-state index contributed by atoms with van der Waals surface area (Å²) in [6.07, 6.45) is 5.59. The van der Waals surface area contributed by atoms with E-state index in [0.29, 0.717) is 19.4 Å². The molecule has 0 aromatic carbocycles. The number of carboxylic acids is 1. The Morgan fingerprint density at radius 3 is 2.32 bits per heavy atom. The van der Waals surface area contributed by atoms with Gasteiger partial charge in [-0.05, 0) is 46.2 Å². The van der Waals surface area contributed by atoms with E-state index in [-0.39, 0.29) is 17.4 Å². The fraction of sp³-hybridized carbons (Fsp3) is 0.857. The summed E-state index contributed by atoms with van der Waals surface area (Å²) in [6, 6.07) is 0. The first-order chi connectivity index (χ1) is 8.96. The molecule has 2 atom stereocenters. The second-order valence-corrected chi connectivity index (χ2v) is 6.17. The normalized spacial score (nSPS) is 29.0. The highest BCUT2D eigenvalue weighted by Gasteiger charge is 2.41. The van der Waals surface area contributed by atoms with E-state index in [9.17, 15) is 9.59 Å². The molecule has 1 amide bonds. The number of hydrogen-bond acceptors (Lipinski definition) is 3. The molecule has 0 spiro atoms. The van der Waals surface area contributed by atoms with Gasteiger partial charge in [-0.2, -0.15) is 0 Å². The predicted molar refractivity (Wildman–Crippen MR) is 71.7 cm³/mol. The molecule has 0 aromatic heterocycles. The molecular formula is C14H24N2O3. The fourth-order valence-corrected chi connectivity index (χ4v) is 3.32. The van der Waals surface area contributed by atoms with Crippen LogP contribution in [0.15, 0.2) is 0 Å². The molecule has 2 N–H and O–H groups in total. The summed E-state index contributed by atoms with van der Waals surface area (Å²) in [4.78, 5) is 25.5. The molecule has 0 bridgehead atoms. The van der Waals surface area contributed by atoms with Crippen LogP contribution in [0, 0.1) is 11.8 Å². The van der Waals surface area contributed by atoms with Gasteiger partial charge in [0.25, 0.3) is 0 Å². The summed E-state index contributed by atoms with van der Waals surface area (Å²) in [5, 5.41) is 12.1. The van der Waals surface area contributed by atoms with Crippen molar-refractivity contribution in [2.24, 2.45) is 11.8 Å². The van der Waals surface area contributed by atoms with Gasteiger partial charge in [-0.1, -0.05) is 6.42 Å². The minimum atomic E-state index is -0.830. The molecule has 2 unspecified atom stereocenters. The average molecular weight is 268 g/mol. The monoisotopic (exact) mass is 268 g/mol. The first kappa shape index (κ1) is 14.3. The Labute approximate surface area is 114 Å². The highest BCUT2D eigenvalue weighted by molar-refractivity contribution is 5.85. The molecule has 0 radical (unpaired) electrons. The lowest BCUT2D eigenvalue weighted by atomic mass is 9.75. The van der Waals surface area contributed by atoms with Crippen LogP contribution in [0.1, 0.15) is 38.5 Å². The van der Waals surface area contributed by atoms with Crippen LogP contribution in [0.2, 0.25) is 0 Å². The van der Waals surface area contributed by atoms with Crippen molar-refractivity contribution < 1.29 is 14.7 Å². The highest BCUT2D eigenvalue weighted by Crippen LogP contribution is 2.36. The maximum absolute atomic E-state index is 12.2. The van der Waals surface area contributed by atoms with Crippen LogP contribution >= 0.6 is 0 Å². The van der Waals surface area contributed by atoms with E-state index < -0.39 is 11.9 Å². The number of likely N-dealkylation sites (N-methyl/N-ethyl adjacent to an activating group) is 1. The van der Waals surface area contributed by atoms with Gasteiger partial charge in [-0.15, -0.1) is 0 Å². The van der Waals surface area contributed by atoms with Crippen molar-refractivity contribution in [1.82, 2.24) is 10.2 Å². The second-order valence-electron chi connectivity index (χ2n) is 6.17. The van der Waals surface area contributed by atoms with Crippen LogP contribution in [-0.2, 0) is 9.59 Å². The zero-order chi connectivity index (χ0) is 14.0. The van der Waals surface area contributed by atoms with Gasteiger partial charge in [-0.3, -0.25) is 9.59 Å². The van der Waals surface area contributed by atoms with Gasteiger partial charge in [0.2, 0.25) is 5.91 Å². The van der Waals surface area contributed by atoms with E-state index in [1.807, 2.05) is 14.1 Å². The van der Waals surface area contributed by atoms with Crippen LogP contribution in [0.3, 0.4) is 0 Å². The number of carboxylic acid groups (broad SMARTS) is 1. The summed E-state index contributed by atoms with van der Waals surface area (Å²) in [7, 11) is 4.09. The molecule has 19 heavy (non-hydrogen) atoms. The number of amides is 1. The largest absolute Gasteiger partial charge is 0.481 e. The second kappa shape index (κ2) is 5.49. The molecule has 0 heterocycles. The zero-order valence-corrected chi connectivity index (χ0v) is 11.8.